The first-order chi connectivity index (χ1) is 11.0. The van der Waals surface area contributed by atoms with Crippen LogP contribution in [-0.2, 0) is 14.8 Å². The van der Waals surface area contributed by atoms with E-state index in [4.69, 9.17) is 0 Å². The normalized spacial score (nSPS) is 12.0. The monoisotopic (exact) mass is 354 g/mol. The van der Waals surface area contributed by atoms with Gasteiger partial charge in [0.15, 0.2) is 5.78 Å². The van der Waals surface area contributed by atoms with Crippen molar-refractivity contribution in [2.45, 2.75) is 51.6 Å². The van der Waals surface area contributed by atoms with Gasteiger partial charge in [-0.1, -0.05) is 12.1 Å². The van der Waals surface area contributed by atoms with Crippen LogP contribution in [0, 0.1) is 0 Å². The Morgan fingerprint density at radius 3 is 1.83 bits per heavy atom. The number of carbonyl (C=O) groups excluding carboxylic acids is 2. The molecule has 0 aliphatic rings. The number of nitrogens with zero attached hydrogens (tertiary/aromatic N) is 2. The van der Waals surface area contributed by atoms with Crippen LogP contribution in [0.5, 0.6) is 0 Å². The second kappa shape index (κ2) is 7.90. The van der Waals surface area contributed by atoms with Crippen molar-refractivity contribution in [1.82, 2.24) is 9.21 Å². The summed E-state index contributed by atoms with van der Waals surface area (Å²) >= 11 is 0. The summed E-state index contributed by atoms with van der Waals surface area (Å²) in [6, 6.07) is 5.69. The summed E-state index contributed by atoms with van der Waals surface area (Å²) < 4.78 is 26.2. The Morgan fingerprint density at radius 1 is 1.00 bits per heavy atom. The lowest BCUT2D eigenvalue weighted by Crippen LogP contribution is -2.47. The summed E-state index contributed by atoms with van der Waals surface area (Å²) in [5.74, 6) is -0.376. The van der Waals surface area contributed by atoms with Gasteiger partial charge in [-0.15, -0.1) is 0 Å². The van der Waals surface area contributed by atoms with E-state index in [-0.39, 0.29) is 35.2 Å². The molecule has 0 bridgehead atoms. The zero-order chi connectivity index (χ0) is 18.7. The molecular formula is C17H26N2O4S. The summed E-state index contributed by atoms with van der Waals surface area (Å²) in [6.07, 6.45) is 0. The Kier molecular flexibility index (Phi) is 6.68. The van der Waals surface area contributed by atoms with Crippen LogP contribution in [0.1, 0.15) is 45.0 Å². The molecule has 134 valence electrons. The molecule has 1 rings (SSSR count). The fraction of sp³-hybridized carbons (Fsp3) is 0.529. The average molecular weight is 354 g/mol. The Hall–Kier alpha value is -1.73. The van der Waals surface area contributed by atoms with Gasteiger partial charge in [-0.2, -0.15) is 4.31 Å². The molecule has 1 amide bonds. The van der Waals surface area contributed by atoms with Crippen molar-refractivity contribution >= 4 is 21.7 Å². The maximum atomic E-state index is 12.6. The Bertz CT molecular complexity index is 686. The van der Waals surface area contributed by atoms with Gasteiger partial charge >= 0.3 is 0 Å². The average Bonchev–Trinajstić information content (AvgIpc) is 2.46. The van der Waals surface area contributed by atoms with E-state index in [1.807, 2.05) is 27.7 Å². The molecule has 0 saturated heterocycles. The maximum absolute atomic E-state index is 12.6. The fourth-order valence-corrected chi connectivity index (χ4v) is 3.69. The predicted octanol–water partition coefficient (Wildman–Crippen LogP) is 2.16. The van der Waals surface area contributed by atoms with Gasteiger partial charge in [0.2, 0.25) is 15.9 Å². The second-order valence-electron chi connectivity index (χ2n) is 6.33. The largest absolute Gasteiger partial charge is 0.337 e. The van der Waals surface area contributed by atoms with Crippen molar-refractivity contribution in [2.75, 3.05) is 13.6 Å². The summed E-state index contributed by atoms with van der Waals surface area (Å²) in [5.41, 5.74) is 0.443. The molecule has 0 fully saturated rings. The smallest absolute Gasteiger partial charge is 0.243 e. The Labute approximate surface area is 144 Å². The molecule has 0 unspecified atom stereocenters. The van der Waals surface area contributed by atoms with Gasteiger partial charge in [0.05, 0.1) is 11.4 Å². The first-order valence-electron chi connectivity index (χ1n) is 7.87. The minimum atomic E-state index is -3.79. The third-order valence-electron chi connectivity index (χ3n) is 3.73. The number of hydrogen-bond acceptors (Lipinski definition) is 4. The molecule has 0 N–H and O–H groups in total. The first kappa shape index (κ1) is 20.3. The minimum Gasteiger partial charge on any atom is -0.337 e. The van der Waals surface area contributed by atoms with E-state index in [0.29, 0.717) is 5.56 Å². The lowest BCUT2D eigenvalue weighted by Gasteiger charge is -2.32. The highest BCUT2D eigenvalue weighted by molar-refractivity contribution is 7.89. The molecule has 0 heterocycles. The third-order valence-corrected chi connectivity index (χ3v) is 5.55. The molecule has 7 heteroatoms. The molecule has 0 spiro atoms. The fourth-order valence-electron chi connectivity index (χ4n) is 2.57. The second-order valence-corrected chi connectivity index (χ2v) is 8.38. The molecular weight excluding hydrogens is 328 g/mol. The summed E-state index contributed by atoms with van der Waals surface area (Å²) in [5, 5.41) is 0. The number of rotatable bonds is 7. The standard InChI is InChI=1S/C17H26N2O4S/c1-12(2)19(13(3)4)17(21)11-18(6)24(22,23)16-9-7-15(8-10-16)14(5)20/h7-10,12-13H,11H2,1-6H3. The van der Waals surface area contributed by atoms with Crippen LogP contribution >= 0.6 is 0 Å². The van der Waals surface area contributed by atoms with Gasteiger partial charge < -0.3 is 4.90 Å². The van der Waals surface area contributed by atoms with E-state index in [1.54, 1.807) is 4.90 Å². The summed E-state index contributed by atoms with van der Waals surface area (Å²) in [6.45, 7) is 8.77. The van der Waals surface area contributed by atoms with Gasteiger partial charge in [-0.3, -0.25) is 9.59 Å². The zero-order valence-corrected chi connectivity index (χ0v) is 15.9. The van der Waals surface area contributed by atoms with Crippen molar-refractivity contribution < 1.29 is 18.0 Å². The molecule has 0 aromatic heterocycles. The molecule has 0 atom stereocenters. The Balaban J connectivity index is 2.98. The van der Waals surface area contributed by atoms with E-state index >= 15 is 0 Å². The van der Waals surface area contributed by atoms with Crippen molar-refractivity contribution in [1.29, 1.82) is 0 Å². The molecule has 1 aromatic carbocycles. The molecule has 0 saturated carbocycles. The number of ketones is 1. The highest BCUT2D eigenvalue weighted by atomic mass is 32.2. The molecule has 6 nitrogen and oxygen atoms in total. The molecule has 1 aromatic rings. The number of amides is 1. The van der Waals surface area contributed by atoms with Crippen LogP contribution < -0.4 is 0 Å². The topological polar surface area (TPSA) is 74.8 Å². The maximum Gasteiger partial charge on any atom is 0.243 e. The number of benzene rings is 1. The van der Waals surface area contributed by atoms with E-state index in [9.17, 15) is 18.0 Å². The minimum absolute atomic E-state index is 0.0107. The third kappa shape index (κ3) is 4.64. The summed E-state index contributed by atoms with van der Waals surface area (Å²) in [4.78, 5) is 25.4. The number of likely N-dealkylation sites (N-methyl/N-ethyl adjacent to an activating group) is 1. The van der Waals surface area contributed by atoms with Gasteiger partial charge in [0.1, 0.15) is 0 Å². The van der Waals surface area contributed by atoms with Crippen LogP contribution in [0.25, 0.3) is 0 Å². The number of sulfonamides is 1. The zero-order valence-electron chi connectivity index (χ0n) is 15.1. The van der Waals surface area contributed by atoms with Crippen LogP contribution in [0.2, 0.25) is 0 Å². The summed E-state index contributed by atoms with van der Waals surface area (Å²) in [7, 11) is -2.41. The quantitative estimate of drug-likeness (QED) is 0.703. The SMILES string of the molecule is CC(=O)c1ccc(S(=O)(=O)N(C)CC(=O)N(C(C)C)C(C)C)cc1. The highest BCUT2D eigenvalue weighted by Crippen LogP contribution is 2.16. The van der Waals surface area contributed by atoms with Crippen molar-refractivity contribution in [3.8, 4) is 0 Å². The van der Waals surface area contributed by atoms with Gasteiger partial charge in [-0.25, -0.2) is 8.42 Å². The van der Waals surface area contributed by atoms with Crippen LogP contribution in [0.15, 0.2) is 29.2 Å². The molecule has 0 radical (unpaired) electrons. The van der Waals surface area contributed by atoms with Crippen LogP contribution in [0.3, 0.4) is 0 Å². The molecule has 0 aliphatic carbocycles. The lowest BCUT2D eigenvalue weighted by atomic mass is 10.2. The van der Waals surface area contributed by atoms with Gasteiger partial charge in [-0.05, 0) is 46.8 Å². The highest BCUT2D eigenvalue weighted by Gasteiger charge is 2.27. The van der Waals surface area contributed by atoms with Crippen LogP contribution in [0.4, 0.5) is 0 Å². The van der Waals surface area contributed by atoms with E-state index in [2.05, 4.69) is 0 Å². The number of hydrogen-bond donors (Lipinski definition) is 0. The van der Waals surface area contributed by atoms with E-state index in [0.717, 1.165) is 4.31 Å². The van der Waals surface area contributed by atoms with E-state index in [1.165, 1.54) is 38.2 Å². The predicted molar refractivity (Wildman–Crippen MR) is 93.4 cm³/mol. The van der Waals surface area contributed by atoms with Crippen molar-refractivity contribution in [2.24, 2.45) is 0 Å². The van der Waals surface area contributed by atoms with Crippen LogP contribution in [-0.4, -0.2) is 55.0 Å². The number of Topliss-reactive ketones (excluding diaryl/α,β-unsaturated/α-hetero) is 1. The van der Waals surface area contributed by atoms with Crippen molar-refractivity contribution in [3.63, 3.8) is 0 Å². The lowest BCUT2D eigenvalue weighted by molar-refractivity contribution is -0.134. The van der Waals surface area contributed by atoms with Gasteiger partial charge in [0, 0.05) is 24.7 Å². The van der Waals surface area contributed by atoms with E-state index < -0.39 is 10.0 Å². The molecule has 0 aliphatic heterocycles. The van der Waals surface area contributed by atoms with Crippen molar-refractivity contribution in [3.05, 3.63) is 29.8 Å². The molecule has 24 heavy (non-hydrogen) atoms. The first-order valence-corrected chi connectivity index (χ1v) is 9.31. The Morgan fingerprint density at radius 2 is 1.46 bits per heavy atom. The number of carbonyl (C=O) groups is 2. The van der Waals surface area contributed by atoms with Gasteiger partial charge in [0.25, 0.3) is 0 Å².